The van der Waals surface area contributed by atoms with E-state index < -0.39 is 34.4 Å². The molecular formula is C19H26N6O6S. The number of nitrogens with one attached hydrogen (secondary N) is 4. The summed E-state index contributed by atoms with van der Waals surface area (Å²) in [6.07, 6.45) is 1.04. The Bertz CT molecular complexity index is 893. The van der Waals surface area contributed by atoms with E-state index in [0.717, 1.165) is 24.6 Å². The van der Waals surface area contributed by atoms with Crippen LogP contribution in [-0.2, 0) is 14.3 Å². The molecule has 6 N–H and O–H groups in total. The fraction of sp³-hybridized carbons (Fsp3) is 0.526. The second-order valence-corrected chi connectivity index (χ2v) is 8.58. The molecule has 1 aromatic carbocycles. The van der Waals surface area contributed by atoms with Crippen molar-refractivity contribution >= 4 is 35.2 Å². The van der Waals surface area contributed by atoms with Crippen LogP contribution >= 0.6 is 11.8 Å². The molecule has 12 nitrogen and oxygen atoms in total. The van der Waals surface area contributed by atoms with Crippen molar-refractivity contribution in [3.8, 4) is 0 Å². The molecule has 3 rings (SSSR count). The van der Waals surface area contributed by atoms with Gasteiger partial charge in [0.1, 0.15) is 11.5 Å². The van der Waals surface area contributed by atoms with Gasteiger partial charge in [0.15, 0.2) is 0 Å². The highest BCUT2D eigenvalue weighted by molar-refractivity contribution is 8.00. The van der Waals surface area contributed by atoms with Crippen LogP contribution in [0.15, 0.2) is 18.2 Å². The topological polar surface area (TPSA) is 178 Å². The van der Waals surface area contributed by atoms with Gasteiger partial charge >= 0.3 is 0 Å². The third-order valence-corrected chi connectivity index (χ3v) is 6.24. The maximum atomic E-state index is 12.6. The number of carbonyl (C=O) groups is 3. The zero-order valence-electron chi connectivity index (χ0n) is 17.5. The predicted octanol–water partition coefficient (Wildman–Crippen LogP) is -0.682. The lowest BCUT2D eigenvalue weighted by molar-refractivity contribution is -0.385. The number of rotatable bonds is 8. The maximum Gasteiger partial charge on any atom is 0.273 e. The molecule has 32 heavy (non-hydrogen) atoms. The molecule has 2 aliphatic heterocycles. The van der Waals surface area contributed by atoms with E-state index in [0.29, 0.717) is 13.2 Å². The van der Waals surface area contributed by atoms with Crippen molar-refractivity contribution in [2.75, 3.05) is 18.9 Å². The lowest BCUT2D eigenvalue weighted by Gasteiger charge is -2.35. The number of hydrogen-bond donors (Lipinski definition) is 5. The molecule has 2 saturated heterocycles. The Labute approximate surface area is 188 Å². The minimum atomic E-state index is -1.09. The average molecular weight is 467 g/mol. The highest BCUT2D eigenvalue weighted by Crippen LogP contribution is 2.21. The smallest absolute Gasteiger partial charge is 0.273 e. The Hall–Kier alpha value is -2.74. The van der Waals surface area contributed by atoms with Crippen molar-refractivity contribution in [2.45, 2.75) is 43.6 Å². The summed E-state index contributed by atoms with van der Waals surface area (Å²) in [5, 5.41) is 22.0. The standard InChI is InChI=1S/C19H26N6O6S/c1-10-12(5-2-6-13(10)25(29)30)17(27)22-15-16(20)23-19(24-18(15)28)32-9-14(26)21-8-11-4-3-7-31-11/h2,5-6,11,15-16,19,23H,3-4,7-9,20H2,1H3,(H,21,26)(H,22,27)(H,24,28). The Morgan fingerprint density at radius 2 is 2.19 bits per heavy atom. The lowest BCUT2D eigenvalue weighted by atomic mass is 10.0. The van der Waals surface area contributed by atoms with Crippen LogP contribution in [0.25, 0.3) is 0 Å². The first-order chi connectivity index (χ1) is 15.3. The SMILES string of the molecule is Cc1c(C(=O)NC2C(=O)NC(SCC(=O)NCC3CCCO3)NC2N)cccc1[N+](=O)[O-]. The summed E-state index contributed by atoms with van der Waals surface area (Å²) in [4.78, 5) is 47.6. The van der Waals surface area contributed by atoms with E-state index in [4.69, 9.17) is 10.5 Å². The van der Waals surface area contributed by atoms with Gasteiger partial charge in [0, 0.05) is 30.3 Å². The molecule has 2 fully saturated rings. The molecule has 0 aromatic heterocycles. The molecule has 13 heteroatoms. The second kappa shape index (κ2) is 10.7. The number of nitro benzene ring substituents is 1. The van der Waals surface area contributed by atoms with E-state index in [-0.39, 0.29) is 34.6 Å². The van der Waals surface area contributed by atoms with E-state index in [1.54, 1.807) is 0 Å². The van der Waals surface area contributed by atoms with Crippen molar-refractivity contribution in [3.63, 3.8) is 0 Å². The van der Waals surface area contributed by atoms with Crippen molar-refractivity contribution in [3.05, 3.63) is 39.4 Å². The third-order valence-electron chi connectivity index (χ3n) is 5.22. The van der Waals surface area contributed by atoms with Crippen LogP contribution in [0.5, 0.6) is 0 Å². The number of carbonyl (C=O) groups excluding carboxylic acids is 3. The van der Waals surface area contributed by atoms with Crippen LogP contribution in [-0.4, -0.2) is 65.4 Å². The van der Waals surface area contributed by atoms with Gasteiger partial charge in [-0.05, 0) is 25.8 Å². The number of ether oxygens (including phenoxy) is 1. The quantitative estimate of drug-likeness (QED) is 0.245. The number of nitrogens with two attached hydrogens (primary N) is 1. The first kappa shape index (κ1) is 23.9. The van der Waals surface area contributed by atoms with E-state index in [1.165, 1.54) is 25.1 Å². The molecule has 0 spiro atoms. The molecule has 0 aliphatic carbocycles. The zero-order chi connectivity index (χ0) is 23.3. The van der Waals surface area contributed by atoms with Crippen LogP contribution < -0.4 is 27.0 Å². The van der Waals surface area contributed by atoms with E-state index >= 15 is 0 Å². The molecular weight excluding hydrogens is 440 g/mol. The molecule has 0 radical (unpaired) electrons. The van der Waals surface area contributed by atoms with Gasteiger partial charge in [-0.15, -0.1) is 11.8 Å². The summed E-state index contributed by atoms with van der Waals surface area (Å²) in [6, 6.07) is 3.04. The van der Waals surface area contributed by atoms with E-state index in [9.17, 15) is 24.5 Å². The molecule has 0 bridgehead atoms. The van der Waals surface area contributed by atoms with Crippen LogP contribution in [0, 0.1) is 17.0 Å². The van der Waals surface area contributed by atoms with Gasteiger partial charge < -0.3 is 26.4 Å². The van der Waals surface area contributed by atoms with E-state index in [2.05, 4.69) is 21.3 Å². The maximum absolute atomic E-state index is 12.6. The largest absolute Gasteiger partial charge is 0.376 e. The monoisotopic (exact) mass is 466 g/mol. The second-order valence-electron chi connectivity index (χ2n) is 7.49. The van der Waals surface area contributed by atoms with Crippen molar-refractivity contribution < 1.29 is 24.0 Å². The van der Waals surface area contributed by atoms with Crippen molar-refractivity contribution in [1.29, 1.82) is 0 Å². The van der Waals surface area contributed by atoms with Gasteiger partial charge in [0.05, 0.1) is 22.9 Å². The predicted molar refractivity (Wildman–Crippen MR) is 117 cm³/mol. The normalized spacial score (nSPS) is 25.1. The number of thioether (sulfide) groups is 1. The molecule has 2 aliphatic rings. The summed E-state index contributed by atoms with van der Waals surface area (Å²) < 4.78 is 5.45. The van der Waals surface area contributed by atoms with Gasteiger partial charge in [0.2, 0.25) is 11.8 Å². The average Bonchev–Trinajstić information content (AvgIpc) is 3.27. The molecule has 1 aromatic rings. The van der Waals surface area contributed by atoms with Crippen molar-refractivity contribution in [2.24, 2.45) is 5.73 Å². The zero-order valence-corrected chi connectivity index (χ0v) is 18.3. The summed E-state index contributed by atoms with van der Waals surface area (Å²) >= 11 is 1.16. The van der Waals surface area contributed by atoms with Crippen LogP contribution in [0.1, 0.15) is 28.8 Å². The summed E-state index contributed by atoms with van der Waals surface area (Å²) in [5.41, 5.74) is 5.49. The molecule has 4 unspecified atom stereocenters. The number of benzene rings is 1. The van der Waals surface area contributed by atoms with Crippen LogP contribution in [0.2, 0.25) is 0 Å². The Kier molecular flexibility index (Phi) is 8.01. The Morgan fingerprint density at radius 1 is 1.41 bits per heavy atom. The highest BCUT2D eigenvalue weighted by Gasteiger charge is 2.36. The summed E-state index contributed by atoms with van der Waals surface area (Å²) in [6.45, 7) is 2.63. The first-order valence-corrected chi connectivity index (χ1v) is 11.2. The number of amides is 3. The molecule has 174 valence electrons. The fourth-order valence-electron chi connectivity index (χ4n) is 3.47. The minimum absolute atomic E-state index is 0.0453. The molecule has 0 saturated carbocycles. The molecule has 3 amide bonds. The van der Waals surface area contributed by atoms with Crippen molar-refractivity contribution in [1.82, 2.24) is 21.3 Å². The Morgan fingerprint density at radius 3 is 2.84 bits per heavy atom. The highest BCUT2D eigenvalue weighted by atomic mass is 32.2. The Balaban J connectivity index is 1.50. The summed E-state index contributed by atoms with van der Waals surface area (Å²) in [7, 11) is 0. The number of nitro groups is 1. The van der Waals surface area contributed by atoms with Gasteiger partial charge in [-0.25, -0.2) is 0 Å². The van der Waals surface area contributed by atoms with Gasteiger partial charge in [0.25, 0.3) is 11.6 Å². The molecule has 2 heterocycles. The van der Waals surface area contributed by atoms with E-state index in [1.807, 2.05) is 0 Å². The summed E-state index contributed by atoms with van der Waals surface area (Å²) in [5.74, 6) is -1.26. The van der Waals surface area contributed by atoms with Crippen LogP contribution in [0.4, 0.5) is 5.69 Å². The lowest BCUT2D eigenvalue weighted by Crippen LogP contribution is -2.70. The minimum Gasteiger partial charge on any atom is -0.376 e. The first-order valence-electron chi connectivity index (χ1n) is 10.1. The number of nitrogens with zero attached hydrogens (tertiary/aromatic N) is 1. The van der Waals surface area contributed by atoms with Gasteiger partial charge in [-0.2, -0.15) is 0 Å². The third kappa shape index (κ3) is 5.94. The fourth-order valence-corrected chi connectivity index (χ4v) is 4.34. The molecule has 4 atom stereocenters. The van der Waals surface area contributed by atoms with Gasteiger partial charge in [-0.3, -0.25) is 29.8 Å². The van der Waals surface area contributed by atoms with Gasteiger partial charge in [-0.1, -0.05) is 6.07 Å². The number of hydrogen-bond acceptors (Lipinski definition) is 9. The van der Waals surface area contributed by atoms with Crippen LogP contribution in [0.3, 0.4) is 0 Å².